The van der Waals surface area contributed by atoms with Crippen molar-refractivity contribution in [3.05, 3.63) is 29.3 Å². The smallest absolute Gasteiger partial charge is 0.442 e. The molecule has 0 saturated carbocycles. The van der Waals surface area contributed by atoms with E-state index in [0.29, 0.717) is 0 Å². The molecule has 0 atom stereocenters. The van der Waals surface area contributed by atoms with Gasteiger partial charge in [-0.2, -0.15) is 13.2 Å². The second-order valence-electron chi connectivity index (χ2n) is 3.84. The number of ether oxygens (including phenoxy) is 1. The minimum Gasteiger partial charge on any atom is -0.496 e. The van der Waals surface area contributed by atoms with Gasteiger partial charge in [0.15, 0.2) is 5.78 Å². The predicted octanol–water partition coefficient (Wildman–Crippen LogP) is 3.08. The van der Waals surface area contributed by atoms with Crippen LogP contribution in [0.2, 0.25) is 0 Å². The highest BCUT2D eigenvalue weighted by Gasteiger charge is 2.65. The maximum absolute atomic E-state index is 12.8. The van der Waals surface area contributed by atoms with Gasteiger partial charge >= 0.3 is 11.8 Å². The number of nitrogens with zero attached hydrogens (tertiary/aromatic N) is 2. The molecule has 1 heterocycles. The molecule has 0 fully saturated rings. The van der Waals surface area contributed by atoms with Gasteiger partial charge in [-0.3, -0.25) is 4.79 Å². The average Bonchev–Trinajstić information content (AvgIpc) is 3.08. The first-order valence-electron chi connectivity index (χ1n) is 5.02. The number of halogens is 3. The number of hydrogen-bond donors (Lipinski definition) is 0. The molecule has 0 N–H and O–H groups in total. The Morgan fingerprint density at radius 2 is 1.94 bits per heavy atom. The van der Waals surface area contributed by atoms with Crippen LogP contribution in [0.15, 0.2) is 28.4 Å². The number of ketones is 1. The van der Waals surface area contributed by atoms with Crippen molar-refractivity contribution in [2.24, 2.45) is 10.2 Å². The maximum atomic E-state index is 12.8. The predicted molar refractivity (Wildman–Crippen MR) is 55.6 cm³/mol. The number of methoxy groups -OCH3 is 1. The largest absolute Gasteiger partial charge is 0.496 e. The second-order valence-corrected chi connectivity index (χ2v) is 3.84. The maximum Gasteiger partial charge on any atom is 0.442 e. The van der Waals surface area contributed by atoms with Crippen molar-refractivity contribution in [2.45, 2.75) is 18.8 Å². The Bertz CT molecular complexity index is 532. The Balaban J connectivity index is 2.46. The molecule has 0 spiro atoms. The highest BCUT2D eigenvalue weighted by Crippen LogP contribution is 2.52. The number of hydrogen-bond acceptors (Lipinski definition) is 4. The van der Waals surface area contributed by atoms with Crippen molar-refractivity contribution in [2.75, 3.05) is 7.11 Å². The van der Waals surface area contributed by atoms with E-state index in [1.807, 2.05) is 0 Å². The lowest BCUT2D eigenvalue weighted by atomic mass is 9.99. The summed E-state index contributed by atoms with van der Waals surface area (Å²) in [5.74, 6) is -0.204. The molecular weight excluding hydrogens is 249 g/mol. The van der Waals surface area contributed by atoms with Gasteiger partial charge in [0.2, 0.25) is 0 Å². The van der Waals surface area contributed by atoms with Crippen molar-refractivity contribution < 1.29 is 22.7 Å². The van der Waals surface area contributed by atoms with E-state index in [4.69, 9.17) is 4.74 Å². The summed E-state index contributed by atoms with van der Waals surface area (Å²) in [6.07, 6.45) is -4.59. The molecule has 0 amide bonds. The van der Waals surface area contributed by atoms with Crippen LogP contribution in [-0.2, 0) is 5.66 Å². The Morgan fingerprint density at radius 1 is 1.33 bits per heavy atom. The summed E-state index contributed by atoms with van der Waals surface area (Å²) in [5.41, 5.74) is -2.42. The highest BCUT2D eigenvalue weighted by atomic mass is 19.4. The lowest BCUT2D eigenvalue weighted by Crippen LogP contribution is -2.30. The van der Waals surface area contributed by atoms with Crippen molar-refractivity contribution >= 4 is 5.78 Å². The topological polar surface area (TPSA) is 51.0 Å². The molecule has 4 nitrogen and oxygen atoms in total. The molecule has 0 bridgehead atoms. The van der Waals surface area contributed by atoms with Crippen LogP contribution in [0.4, 0.5) is 13.2 Å². The minimum atomic E-state index is -4.59. The minimum absolute atomic E-state index is 0.0842. The molecule has 1 aliphatic rings. The lowest BCUT2D eigenvalue weighted by Gasteiger charge is -2.16. The molecule has 0 unspecified atom stereocenters. The number of carbonyl (C=O) groups excluding carboxylic acids is 1. The van der Waals surface area contributed by atoms with Crippen molar-refractivity contribution in [3.8, 4) is 5.75 Å². The lowest BCUT2D eigenvalue weighted by molar-refractivity contribution is -0.166. The molecule has 0 aromatic heterocycles. The molecule has 96 valence electrons. The fourth-order valence-corrected chi connectivity index (χ4v) is 1.64. The van der Waals surface area contributed by atoms with Crippen LogP contribution in [-0.4, -0.2) is 19.1 Å². The summed E-state index contributed by atoms with van der Waals surface area (Å²) in [6.45, 7) is 1.31. The second kappa shape index (κ2) is 3.79. The monoisotopic (exact) mass is 258 g/mol. The normalized spacial score (nSPS) is 16.5. The molecule has 0 aliphatic carbocycles. The van der Waals surface area contributed by atoms with E-state index in [1.54, 1.807) is 0 Å². The fraction of sp³-hybridized carbons (Fsp3) is 0.364. The molecule has 1 aromatic rings. The van der Waals surface area contributed by atoms with Crippen molar-refractivity contribution in [1.29, 1.82) is 0 Å². The quantitative estimate of drug-likeness (QED) is 0.782. The first kappa shape index (κ1) is 12.5. The van der Waals surface area contributed by atoms with Crippen molar-refractivity contribution in [3.63, 3.8) is 0 Å². The van der Waals surface area contributed by atoms with Crippen LogP contribution >= 0.6 is 0 Å². The summed E-state index contributed by atoms with van der Waals surface area (Å²) >= 11 is 0. The van der Waals surface area contributed by atoms with E-state index in [9.17, 15) is 18.0 Å². The molecule has 0 saturated heterocycles. The SMILES string of the molecule is COc1cc(C2(C(F)(F)F)N=N2)ccc1C(C)=O. The summed E-state index contributed by atoms with van der Waals surface area (Å²) in [5, 5.41) is 6.17. The Morgan fingerprint density at radius 3 is 2.33 bits per heavy atom. The fourth-order valence-electron chi connectivity index (χ4n) is 1.64. The van der Waals surface area contributed by atoms with Gasteiger partial charge in [0, 0.05) is 5.56 Å². The number of carbonyl (C=O) groups is 1. The Hall–Kier alpha value is -1.92. The molecule has 0 radical (unpaired) electrons. The first-order chi connectivity index (χ1) is 8.32. The number of rotatable bonds is 3. The summed E-state index contributed by atoms with van der Waals surface area (Å²) in [4.78, 5) is 11.2. The summed E-state index contributed by atoms with van der Waals surface area (Å²) in [6, 6.07) is 3.62. The van der Waals surface area contributed by atoms with E-state index < -0.39 is 11.8 Å². The summed E-state index contributed by atoms with van der Waals surface area (Å²) in [7, 11) is 1.28. The third-order valence-corrected chi connectivity index (χ3v) is 2.68. The van der Waals surface area contributed by atoms with Gasteiger partial charge < -0.3 is 4.74 Å². The average molecular weight is 258 g/mol. The van der Waals surface area contributed by atoms with Crippen LogP contribution in [0.3, 0.4) is 0 Å². The van der Waals surface area contributed by atoms with Gasteiger partial charge in [-0.15, -0.1) is 10.2 Å². The van der Waals surface area contributed by atoms with Crippen LogP contribution < -0.4 is 4.74 Å². The standard InChI is InChI=1S/C11H9F3N2O2/c1-6(17)8-4-3-7(5-9(8)18-2)10(15-16-10)11(12,13)14/h3-5H,1-2H3. The van der Waals surface area contributed by atoms with E-state index in [1.165, 1.54) is 26.2 Å². The number of benzene rings is 1. The Kier molecular flexibility index (Phi) is 2.64. The van der Waals surface area contributed by atoms with Gasteiger partial charge in [-0.05, 0) is 19.1 Å². The van der Waals surface area contributed by atoms with E-state index in [0.717, 1.165) is 6.07 Å². The van der Waals surface area contributed by atoms with Crippen LogP contribution in [0.1, 0.15) is 22.8 Å². The molecular formula is C11H9F3N2O2. The molecule has 2 rings (SSSR count). The van der Waals surface area contributed by atoms with Crippen LogP contribution in [0.25, 0.3) is 0 Å². The Labute approximate surface area is 100 Å². The van der Waals surface area contributed by atoms with Crippen LogP contribution in [0, 0.1) is 0 Å². The van der Waals surface area contributed by atoms with E-state index >= 15 is 0 Å². The van der Waals surface area contributed by atoms with Gasteiger partial charge in [0.05, 0.1) is 12.7 Å². The zero-order chi connectivity index (χ0) is 13.6. The number of Topliss-reactive ketones (excluding diaryl/α,β-unsaturated/α-hetero) is 1. The van der Waals surface area contributed by atoms with Gasteiger partial charge in [0.25, 0.3) is 0 Å². The highest BCUT2D eigenvalue weighted by molar-refractivity contribution is 5.96. The number of alkyl halides is 3. The first-order valence-corrected chi connectivity index (χ1v) is 5.02. The third kappa shape index (κ3) is 1.75. The van der Waals surface area contributed by atoms with Crippen LogP contribution in [0.5, 0.6) is 5.75 Å². The molecule has 1 aromatic carbocycles. The van der Waals surface area contributed by atoms with E-state index in [-0.39, 0.29) is 22.7 Å². The summed E-state index contributed by atoms with van der Waals surface area (Å²) < 4.78 is 43.3. The van der Waals surface area contributed by atoms with Gasteiger partial charge in [-0.1, -0.05) is 6.07 Å². The molecule has 7 heteroatoms. The zero-order valence-electron chi connectivity index (χ0n) is 9.58. The third-order valence-electron chi connectivity index (χ3n) is 2.68. The van der Waals surface area contributed by atoms with Gasteiger partial charge in [-0.25, -0.2) is 0 Å². The molecule has 18 heavy (non-hydrogen) atoms. The van der Waals surface area contributed by atoms with Crippen molar-refractivity contribution in [1.82, 2.24) is 0 Å². The van der Waals surface area contributed by atoms with E-state index in [2.05, 4.69) is 10.2 Å². The van der Waals surface area contributed by atoms with Gasteiger partial charge in [0.1, 0.15) is 5.75 Å². The zero-order valence-corrected chi connectivity index (χ0v) is 9.58. The molecule has 1 aliphatic heterocycles.